The molecule has 7 nitrogen and oxygen atoms in total. The van der Waals surface area contributed by atoms with Crippen molar-refractivity contribution in [1.29, 1.82) is 0 Å². The molecule has 2 aromatic heterocycles. The van der Waals surface area contributed by atoms with E-state index >= 15 is 0 Å². The molecule has 7 heteroatoms. The minimum absolute atomic E-state index is 0.0794. The molecule has 0 radical (unpaired) electrons. The van der Waals surface area contributed by atoms with E-state index < -0.39 is 5.97 Å². The molecule has 0 saturated heterocycles. The maximum Gasteiger partial charge on any atom is 0.337 e. The molecule has 5 aromatic rings. The molecule has 0 spiro atoms. The van der Waals surface area contributed by atoms with Crippen LogP contribution in [0.25, 0.3) is 22.6 Å². The van der Waals surface area contributed by atoms with Crippen molar-refractivity contribution >= 4 is 17.1 Å². The molecule has 0 fully saturated rings. The number of carboxylic acids is 1. The van der Waals surface area contributed by atoms with Crippen LogP contribution >= 0.6 is 0 Å². The molecule has 168 valence electrons. The highest BCUT2D eigenvalue weighted by molar-refractivity contribution is 5.91. The number of imidazole rings is 1. The van der Waals surface area contributed by atoms with E-state index in [0.29, 0.717) is 41.7 Å². The molecule has 0 unspecified atom stereocenters. The van der Waals surface area contributed by atoms with Crippen LogP contribution in [0.15, 0.2) is 91.1 Å². The van der Waals surface area contributed by atoms with Gasteiger partial charge in [-0.15, -0.1) is 0 Å². The molecule has 0 aliphatic carbocycles. The fourth-order valence-corrected chi connectivity index (χ4v) is 3.52. The number of nitrogens with zero attached hydrogens (tertiary/aromatic N) is 2. The largest absolute Gasteiger partial charge is 0.489 e. The van der Waals surface area contributed by atoms with E-state index in [1.165, 1.54) is 12.3 Å². The lowest BCUT2D eigenvalue weighted by Crippen LogP contribution is -2.00. The van der Waals surface area contributed by atoms with Crippen molar-refractivity contribution in [3.63, 3.8) is 0 Å². The van der Waals surface area contributed by atoms with Crippen LogP contribution in [0.5, 0.6) is 11.5 Å². The van der Waals surface area contributed by atoms with Gasteiger partial charge < -0.3 is 19.6 Å². The van der Waals surface area contributed by atoms with Crippen molar-refractivity contribution in [2.45, 2.75) is 13.2 Å². The molecule has 0 atom stereocenters. The molecule has 2 N–H and O–H groups in total. The second-order valence-electron chi connectivity index (χ2n) is 7.69. The maximum atomic E-state index is 11.3. The summed E-state index contributed by atoms with van der Waals surface area (Å²) in [6.07, 6.45) is 1.31. The number of rotatable bonds is 8. The number of carbonyl (C=O) groups is 1. The lowest BCUT2D eigenvalue weighted by molar-refractivity contribution is 0.0696. The number of aromatic amines is 1. The number of carboxylic acid groups (broad SMARTS) is 1. The molecule has 34 heavy (non-hydrogen) atoms. The Morgan fingerprint density at radius 2 is 1.53 bits per heavy atom. The Bertz CT molecular complexity index is 1430. The normalized spacial score (nSPS) is 10.8. The van der Waals surface area contributed by atoms with Gasteiger partial charge in [-0.25, -0.2) is 14.8 Å². The Kier molecular flexibility index (Phi) is 5.90. The Hall–Kier alpha value is -4.65. The summed E-state index contributed by atoms with van der Waals surface area (Å²) in [6.45, 7) is 0.808. The van der Waals surface area contributed by atoms with Gasteiger partial charge in [0.05, 0.1) is 11.1 Å². The van der Waals surface area contributed by atoms with Crippen molar-refractivity contribution in [2.75, 3.05) is 0 Å². The second-order valence-corrected chi connectivity index (χ2v) is 7.69. The molecular weight excluding hydrogens is 430 g/mol. The van der Waals surface area contributed by atoms with Gasteiger partial charge in [-0.3, -0.25) is 0 Å². The van der Waals surface area contributed by atoms with Gasteiger partial charge in [0.1, 0.15) is 36.1 Å². The van der Waals surface area contributed by atoms with E-state index in [1.54, 1.807) is 0 Å². The third kappa shape index (κ3) is 4.73. The van der Waals surface area contributed by atoms with E-state index in [2.05, 4.69) is 15.0 Å². The summed E-state index contributed by atoms with van der Waals surface area (Å²) in [7, 11) is 0. The van der Waals surface area contributed by atoms with Crippen molar-refractivity contribution in [3.05, 3.63) is 108 Å². The summed E-state index contributed by atoms with van der Waals surface area (Å²) >= 11 is 0. The van der Waals surface area contributed by atoms with Crippen LogP contribution in [0.3, 0.4) is 0 Å². The number of benzene rings is 3. The summed E-state index contributed by atoms with van der Waals surface area (Å²) in [5, 5.41) is 9.24. The van der Waals surface area contributed by atoms with E-state index in [4.69, 9.17) is 9.47 Å². The minimum atomic E-state index is -1.05. The number of hydrogen-bond acceptors (Lipinski definition) is 5. The van der Waals surface area contributed by atoms with E-state index in [0.717, 1.165) is 16.7 Å². The van der Waals surface area contributed by atoms with Crippen LogP contribution in [0.1, 0.15) is 21.5 Å². The smallest absolute Gasteiger partial charge is 0.337 e. The molecule has 5 rings (SSSR count). The molecule has 0 saturated carbocycles. The van der Waals surface area contributed by atoms with Crippen LogP contribution < -0.4 is 9.47 Å². The number of pyridine rings is 1. The van der Waals surface area contributed by atoms with Crippen molar-refractivity contribution in [2.24, 2.45) is 0 Å². The fraction of sp³-hybridized carbons (Fsp3) is 0.0741. The summed E-state index contributed by atoms with van der Waals surface area (Å²) in [6, 6.07) is 26.9. The van der Waals surface area contributed by atoms with E-state index in [-0.39, 0.29) is 5.56 Å². The van der Waals surface area contributed by atoms with Gasteiger partial charge in [0, 0.05) is 12.3 Å². The number of H-pyrrole nitrogens is 1. The highest BCUT2D eigenvalue weighted by atomic mass is 16.5. The van der Waals surface area contributed by atoms with Gasteiger partial charge in [0.2, 0.25) is 0 Å². The molecule has 3 aromatic carbocycles. The van der Waals surface area contributed by atoms with Gasteiger partial charge in [0.15, 0.2) is 5.65 Å². The second kappa shape index (κ2) is 9.46. The quantitative estimate of drug-likeness (QED) is 0.324. The van der Waals surface area contributed by atoms with Crippen molar-refractivity contribution in [3.8, 4) is 22.9 Å². The van der Waals surface area contributed by atoms with Crippen LogP contribution in [0.2, 0.25) is 0 Å². The molecule has 0 bridgehead atoms. The Morgan fingerprint density at radius 1 is 0.853 bits per heavy atom. The SMILES string of the molecule is O=C(O)c1cnc2[nH]c(-c3ccc(OCc4ccccc4)cc3OCc3ccccc3)nc2c1. The number of aromatic carboxylic acids is 1. The zero-order valence-electron chi connectivity index (χ0n) is 18.1. The topological polar surface area (TPSA) is 97.3 Å². The number of aromatic nitrogens is 3. The molecule has 0 amide bonds. The Morgan fingerprint density at radius 3 is 2.21 bits per heavy atom. The van der Waals surface area contributed by atoms with Gasteiger partial charge >= 0.3 is 5.97 Å². The van der Waals surface area contributed by atoms with E-state index in [1.807, 2.05) is 78.9 Å². The minimum Gasteiger partial charge on any atom is -0.489 e. The van der Waals surface area contributed by atoms with Gasteiger partial charge in [-0.05, 0) is 29.3 Å². The van der Waals surface area contributed by atoms with Crippen LogP contribution in [0, 0.1) is 0 Å². The highest BCUT2D eigenvalue weighted by Gasteiger charge is 2.15. The fourth-order valence-electron chi connectivity index (χ4n) is 3.52. The number of nitrogens with one attached hydrogen (secondary N) is 1. The Labute approximate surface area is 195 Å². The summed E-state index contributed by atoms with van der Waals surface area (Å²) in [5.41, 5.74) is 3.86. The van der Waals surface area contributed by atoms with Crippen LogP contribution in [-0.4, -0.2) is 26.0 Å². The van der Waals surface area contributed by atoms with Gasteiger partial charge in [-0.2, -0.15) is 0 Å². The van der Waals surface area contributed by atoms with Crippen LogP contribution in [-0.2, 0) is 13.2 Å². The third-order valence-electron chi connectivity index (χ3n) is 5.28. The summed E-state index contributed by atoms with van der Waals surface area (Å²) in [5.74, 6) is 0.735. The number of hydrogen-bond donors (Lipinski definition) is 2. The standard InChI is InChI=1S/C27H21N3O4/c31-27(32)20-13-23-26(28-15-20)30-25(29-23)22-12-11-21(33-16-18-7-3-1-4-8-18)14-24(22)34-17-19-9-5-2-6-10-19/h1-15H,16-17H2,(H,31,32)(H,28,29,30). The monoisotopic (exact) mass is 451 g/mol. The zero-order valence-corrected chi connectivity index (χ0v) is 18.1. The maximum absolute atomic E-state index is 11.3. The predicted octanol–water partition coefficient (Wildman–Crippen LogP) is 5.48. The number of ether oxygens (including phenoxy) is 2. The summed E-state index contributed by atoms with van der Waals surface area (Å²) < 4.78 is 12.2. The first kappa shape index (κ1) is 21.2. The first-order valence-electron chi connectivity index (χ1n) is 10.7. The van der Waals surface area contributed by atoms with Crippen LogP contribution in [0.4, 0.5) is 0 Å². The predicted molar refractivity (Wildman–Crippen MR) is 128 cm³/mol. The molecule has 0 aliphatic heterocycles. The third-order valence-corrected chi connectivity index (χ3v) is 5.28. The lowest BCUT2D eigenvalue weighted by atomic mass is 10.1. The van der Waals surface area contributed by atoms with Gasteiger partial charge in [-0.1, -0.05) is 60.7 Å². The molecule has 0 aliphatic rings. The Balaban J connectivity index is 1.47. The summed E-state index contributed by atoms with van der Waals surface area (Å²) in [4.78, 5) is 23.2. The number of fused-ring (bicyclic) bond motifs is 1. The van der Waals surface area contributed by atoms with Crippen molar-refractivity contribution in [1.82, 2.24) is 15.0 Å². The van der Waals surface area contributed by atoms with Gasteiger partial charge in [0.25, 0.3) is 0 Å². The average Bonchev–Trinajstić information content (AvgIpc) is 3.31. The zero-order chi connectivity index (χ0) is 23.3. The average molecular weight is 451 g/mol. The first-order valence-corrected chi connectivity index (χ1v) is 10.7. The lowest BCUT2D eigenvalue weighted by Gasteiger charge is -2.13. The highest BCUT2D eigenvalue weighted by Crippen LogP contribution is 2.34. The molecule has 2 heterocycles. The van der Waals surface area contributed by atoms with Crippen molar-refractivity contribution < 1.29 is 19.4 Å². The van der Waals surface area contributed by atoms with E-state index in [9.17, 15) is 9.90 Å². The molecular formula is C27H21N3O4. The first-order chi connectivity index (χ1) is 16.7.